The zero-order valence-corrected chi connectivity index (χ0v) is 3.94. The number of hydrogen-bond donors (Lipinski definition) is 2. The van der Waals surface area contributed by atoms with Crippen LogP contribution in [0.1, 0.15) is 0 Å². The van der Waals surface area contributed by atoms with Crippen LogP contribution in [0.5, 0.6) is 0 Å². The highest BCUT2D eigenvalue weighted by atomic mass is 15.3. The van der Waals surface area contributed by atoms with E-state index in [0.717, 1.165) is 0 Å². The Hall–Kier alpha value is -1.01. The van der Waals surface area contributed by atoms with Crippen LogP contribution in [-0.2, 0) is 0 Å². The van der Waals surface area contributed by atoms with Crippen LogP contribution >= 0.6 is 0 Å². The second-order valence-electron chi connectivity index (χ2n) is 0.906. The predicted molar refractivity (Wildman–Crippen MR) is 26.9 cm³/mol. The van der Waals surface area contributed by atoms with Crippen molar-refractivity contribution in [1.29, 1.82) is 5.26 Å². The highest BCUT2D eigenvalue weighted by molar-refractivity contribution is 4.70. The molecule has 38 valence electrons. The molecule has 0 aliphatic rings. The Labute approximate surface area is 42.6 Å². The summed E-state index contributed by atoms with van der Waals surface area (Å²) in [6, 6.07) is 0. The second-order valence-corrected chi connectivity index (χ2v) is 0.906. The van der Waals surface area contributed by atoms with Gasteiger partial charge in [-0.3, -0.25) is 5.43 Å². The van der Waals surface area contributed by atoms with Crippen molar-refractivity contribution in [2.24, 2.45) is 0 Å². The first-order valence-electron chi connectivity index (χ1n) is 1.89. The molecule has 0 spiro atoms. The van der Waals surface area contributed by atoms with Gasteiger partial charge in [-0.15, -0.1) is 6.58 Å². The number of hydrogen-bond acceptors (Lipinski definition) is 3. The minimum absolute atomic E-state index is 0.605. The van der Waals surface area contributed by atoms with Crippen LogP contribution in [0, 0.1) is 11.5 Å². The molecule has 0 radical (unpaired) electrons. The van der Waals surface area contributed by atoms with Crippen LogP contribution in [0.25, 0.3) is 0 Å². The predicted octanol–water partition coefficient (Wildman–Crippen LogP) is -0.252. The average Bonchev–Trinajstić information content (AvgIpc) is 1.69. The molecule has 0 aromatic heterocycles. The third-order valence-electron chi connectivity index (χ3n) is 0.391. The molecule has 2 N–H and O–H groups in total. The minimum Gasteiger partial charge on any atom is -0.258 e. The molecule has 0 bridgehead atoms. The summed E-state index contributed by atoms with van der Waals surface area (Å²) in [6.07, 6.45) is 3.35. The van der Waals surface area contributed by atoms with Gasteiger partial charge in [0.05, 0.1) is 0 Å². The van der Waals surface area contributed by atoms with E-state index in [1.807, 2.05) is 0 Å². The van der Waals surface area contributed by atoms with Crippen molar-refractivity contribution in [2.45, 2.75) is 0 Å². The molecule has 0 rings (SSSR count). The first kappa shape index (κ1) is 5.99. The summed E-state index contributed by atoms with van der Waals surface area (Å²) in [4.78, 5) is 0. The lowest BCUT2D eigenvalue weighted by Gasteiger charge is -1.90. The van der Waals surface area contributed by atoms with Crippen LogP contribution in [0.3, 0.4) is 0 Å². The fourth-order valence-corrected chi connectivity index (χ4v) is 0.163. The minimum atomic E-state index is 0.605. The molecule has 0 amide bonds. The second kappa shape index (κ2) is 4.99. The van der Waals surface area contributed by atoms with Gasteiger partial charge < -0.3 is 0 Å². The summed E-state index contributed by atoms with van der Waals surface area (Å²) < 4.78 is 0. The average molecular weight is 97.1 g/mol. The van der Waals surface area contributed by atoms with E-state index in [1.54, 1.807) is 12.3 Å². The molecule has 0 atom stereocenters. The van der Waals surface area contributed by atoms with E-state index in [-0.39, 0.29) is 0 Å². The summed E-state index contributed by atoms with van der Waals surface area (Å²) in [6.45, 7) is 4.03. The van der Waals surface area contributed by atoms with Crippen molar-refractivity contribution in [3.8, 4) is 6.19 Å². The number of nitriles is 1. The summed E-state index contributed by atoms with van der Waals surface area (Å²) in [5.41, 5.74) is 4.79. The third kappa shape index (κ3) is 4.99. The zero-order chi connectivity index (χ0) is 5.54. The molecule has 0 aromatic rings. The van der Waals surface area contributed by atoms with Gasteiger partial charge in [0.25, 0.3) is 0 Å². The Bertz CT molecular complexity index is 81.4. The summed E-state index contributed by atoms with van der Waals surface area (Å²) in [5.74, 6) is 0. The lowest BCUT2D eigenvalue weighted by atomic mass is 10.7. The Morgan fingerprint density at radius 2 is 2.57 bits per heavy atom. The molecule has 0 aliphatic carbocycles. The first-order chi connectivity index (χ1) is 3.41. The van der Waals surface area contributed by atoms with E-state index >= 15 is 0 Å². The normalized spacial score (nSPS) is 6.71. The summed E-state index contributed by atoms with van der Waals surface area (Å²) in [7, 11) is 0. The van der Waals surface area contributed by atoms with E-state index in [0.29, 0.717) is 6.54 Å². The van der Waals surface area contributed by atoms with Gasteiger partial charge >= 0.3 is 0 Å². The van der Waals surface area contributed by atoms with Crippen LogP contribution in [0.4, 0.5) is 0 Å². The van der Waals surface area contributed by atoms with Gasteiger partial charge in [-0.1, -0.05) is 6.08 Å². The van der Waals surface area contributed by atoms with Crippen molar-refractivity contribution in [1.82, 2.24) is 10.9 Å². The van der Waals surface area contributed by atoms with E-state index < -0.39 is 0 Å². The molecule has 0 aromatic carbocycles. The number of nitrogens with zero attached hydrogens (tertiary/aromatic N) is 1. The molecule has 0 saturated heterocycles. The maximum Gasteiger partial charge on any atom is 0.192 e. The van der Waals surface area contributed by atoms with E-state index in [9.17, 15) is 0 Å². The van der Waals surface area contributed by atoms with Crippen LogP contribution in [-0.4, -0.2) is 6.54 Å². The summed E-state index contributed by atoms with van der Waals surface area (Å²) >= 11 is 0. The van der Waals surface area contributed by atoms with Gasteiger partial charge in [-0.05, 0) is 0 Å². The van der Waals surface area contributed by atoms with E-state index in [1.165, 1.54) is 0 Å². The molecule has 3 nitrogen and oxygen atoms in total. The fourth-order valence-electron chi connectivity index (χ4n) is 0.163. The van der Waals surface area contributed by atoms with Crippen LogP contribution in [0.15, 0.2) is 12.7 Å². The Balaban J connectivity index is 2.72. The van der Waals surface area contributed by atoms with Gasteiger partial charge in [0.2, 0.25) is 0 Å². The topological polar surface area (TPSA) is 47.8 Å². The number of hydrazine groups is 1. The highest BCUT2D eigenvalue weighted by Crippen LogP contribution is 1.50. The lowest BCUT2D eigenvalue weighted by Crippen LogP contribution is -2.26. The monoisotopic (exact) mass is 97.1 g/mol. The van der Waals surface area contributed by atoms with Gasteiger partial charge in [0.1, 0.15) is 0 Å². The van der Waals surface area contributed by atoms with E-state index in [4.69, 9.17) is 5.26 Å². The van der Waals surface area contributed by atoms with Crippen LogP contribution in [0.2, 0.25) is 0 Å². The molecule has 0 fully saturated rings. The SMILES string of the molecule is C=CCNNC#N. The summed E-state index contributed by atoms with van der Waals surface area (Å²) in [5, 5.41) is 7.83. The largest absolute Gasteiger partial charge is 0.258 e. The maximum absolute atomic E-state index is 7.83. The van der Waals surface area contributed by atoms with Gasteiger partial charge in [0.15, 0.2) is 6.19 Å². The van der Waals surface area contributed by atoms with Crippen molar-refractivity contribution in [2.75, 3.05) is 6.54 Å². The van der Waals surface area contributed by atoms with Crippen molar-refractivity contribution < 1.29 is 0 Å². The molecule has 0 saturated carbocycles. The van der Waals surface area contributed by atoms with Gasteiger partial charge in [-0.25, -0.2) is 5.43 Å². The van der Waals surface area contributed by atoms with Crippen molar-refractivity contribution in [3.05, 3.63) is 12.7 Å². The zero-order valence-electron chi connectivity index (χ0n) is 3.94. The molecule has 7 heavy (non-hydrogen) atoms. The standard InChI is InChI=1S/C4H7N3/c1-2-3-6-7-4-5/h2,6-7H,1,3H2. The molecule has 3 heteroatoms. The molecule has 0 unspecified atom stereocenters. The van der Waals surface area contributed by atoms with E-state index in [2.05, 4.69) is 17.4 Å². The third-order valence-corrected chi connectivity index (χ3v) is 0.391. The van der Waals surface area contributed by atoms with Crippen molar-refractivity contribution in [3.63, 3.8) is 0 Å². The molecule has 0 heterocycles. The molecular weight excluding hydrogens is 90.1 g/mol. The molecule has 0 aliphatic heterocycles. The van der Waals surface area contributed by atoms with Crippen molar-refractivity contribution >= 4 is 0 Å². The van der Waals surface area contributed by atoms with Gasteiger partial charge in [0, 0.05) is 6.54 Å². The first-order valence-corrected chi connectivity index (χ1v) is 1.89. The Kier molecular flexibility index (Phi) is 4.27. The van der Waals surface area contributed by atoms with Crippen LogP contribution < -0.4 is 10.9 Å². The smallest absolute Gasteiger partial charge is 0.192 e. The maximum atomic E-state index is 7.83. The number of nitrogens with one attached hydrogen (secondary N) is 2. The Morgan fingerprint density at radius 1 is 1.86 bits per heavy atom. The number of rotatable bonds is 3. The highest BCUT2D eigenvalue weighted by Gasteiger charge is 1.68. The fraction of sp³-hybridized carbons (Fsp3) is 0.250. The Morgan fingerprint density at radius 3 is 3.00 bits per heavy atom. The quantitative estimate of drug-likeness (QED) is 0.168. The lowest BCUT2D eigenvalue weighted by molar-refractivity contribution is 0.694. The van der Waals surface area contributed by atoms with Gasteiger partial charge in [-0.2, -0.15) is 5.26 Å². The molecular formula is C4H7N3.